The van der Waals surface area contributed by atoms with E-state index >= 15 is 0 Å². The van der Waals surface area contributed by atoms with E-state index in [4.69, 9.17) is 0 Å². The van der Waals surface area contributed by atoms with E-state index in [9.17, 15) is 0 Å². The molecule has 0 aliphatic carbocycles. The monoisotopic (exact) mass is 282 g/mol. The van der Waals surface area contributed by atoms with Crippen molar-refractivity contribution in [1.82, 2.24) is 9.80 Å². The average molecular weight is 282 g/mol. The zero-order chi connectivity index (χ0) is 14.4. The molecule has 0 aliphatic rings. The molecule has 0 bridgehead atoms. The van der Waals surface area contributed by atoms with E-state index in [1.165, 1.54) is 48.5 Å². The molecule has 0 saturated heterocycles. The topological polar surface area (TPSA) is 6.48 Å². The predicted octanol–water partition coefficient (Wildman–Crippen LogP) is 3.35. The summed E-state index contributed by atoms with van der Waals surface area (Å²) in [7, 11) is 8.63. The van der Waals surface area contributed by atoms with Crippen LogP contribution >= 0.6 is 11.3 Å². The fraction of sp³-hybridized carbons (Fsp3) is 0.750. The smallest absolute Gasteiger partial charge is 0.00518 e. The number of rotatable bonds is 8. The van der Waals surface area contributed by atoms with Gasteiger partial charge in [-0.15, -0.1) is 11.3 Å². The summed E-state index contributed by atoms with van der Waals surface area (Å²) in [6, 6.07) is 0. The first-order valence-corrected chi connectivity index (χ1v) is 8.10. The van der Waals surface area contributed by atoms with Crippen molar-refractivity contribution in [3.8, 4) is 0 Å². The Labute approximate surface area is 123 Å². The predicted molar refractivity (Wildman–Crippen MR) is 87.5 cm³/mol. The minimum atomic E-state index is 1.19. The van der Waals surface area contributed by atoms with Gasteiger partial charge in [0.25, 0.3) is 0 Å². The van der Waals surface area contributed by atoms with E-state index in [2.05, 4.69) is 51.8 Å². The Morgan fingerprint density at radius 2 is 1.11 bits per heavy atom. The minimum absolute atomic E-state index is 1.19. The van der Waals surface area contributed by atoms with Crippen molar-refractivity contribution < 1.29 is 0 Å². The van der Waals surface area contributed by atoms with Crippen molar-refractivity contribution in [3.05, 3.63) is 20.9 Å². The summed E-state index contributed by atoms with van der Waals surface area (Å²) in [5, 5.41) is 0. The molecule has 1 rings (SSSR count). The third-order valence-electron chi connectivity index (χ3n) is 3.58. The highest BCUT2D eigenvalue weighted by Gasteiger charge is 2.12. The molecule has 0 radical (unpaired) electrons. The Kier molecular flexibility index (Phi) is 7.05. The van der Waals surface area contributed by atoms with Crippen LogP contribution in [0.2, 0.25) is 0 Å². The van der Waals surface area contributed by atoms with Gasteiger partial charge in [-0.2, -0.15) is 0 Å². The second kappa shape index (κ2) is 8.03. The molecule has 1 aromatic rings. The largest absolute Gasteiger partial charge is 0.309 e. The van der Waals surface area contributed by atoms with Gasteiger partial charge in [0.15, 0.2) is 0 Å². The molecule has 0 atom stereocenters. The average Bonchev–Trinajstić information content (AvgIpc) is 2.54. The summed E-state index contributed by atoms with van der Waals surface area (Å²) in [4.78, 5) is 7.63. The summed E-state index contributed by atoms with van der Waals surface area (Å²) >= 11 is 1.99. The van der Waals surface area contributed by atoms with Gasteiger partial charge < -0.3 is 9.80 Å². The highest BCUT2D eigenvalue weighted by molar-refractivity contribution is 7.12. The fourth-order valence-electron chi connectivity index (χ4n) is 2.58. The van der Waals surface area contributed by atoms with Gasteiger partial charge in [-0.05, 0) is 91.9 Å². The lowest BCUT2D eigenvalue weighted by atomic mass is 10.00. The van der Waals surface area contributed by atoms with Crippen LogP contribution in [-0.4, -0.2) is 51.1 Å². The van der Waals surface area contributed by atoms with E-state index in [0.29, 0.717) is 0 Å². The lowest BCUT2D eigenvalue weighted by molar-refractivity contribution is 0.397. The maximum atomic E-state index is 2.29. The molecule has 0 spiro atoms. The third-order valence-corrected chi connectivity index (χ3v) is 4.69. The van der Waals surface area contributed by atoms with Crippen molar-refractivity contribution in [1.29, 1.82) is 0 Å². The van der Waals surface area contributed by atoms with Gasteiger partial charge >= 0.3 is 0 Å². The number of nitrogens with zero attached hydrogens (tertiary/aromatic N) is 2. The van der Waals surface area contributed by atoms with Crippen molar-refractivity contribution in [2.75, 3.05) is 41.3 Å². The van der Waals surface area contributed by atoms with Crippen LogP contribution < -0.4 is 0 Å². The van der Waals surface area contributed by atoms with Crippen molar-refractivity contribution in [2.24, 2.45) is 0 Å². The molecule has 1 heterocycles. The normalized spacial score (nSPS) is 11.8. The molecule has 0 amide bonds. The number of hydrogen-bond acceptors (Lipinski definition) is 3. The van der Waals surface area contributed by atoms with Crippen LogP contribution in [0.15, 0.2) is 0 Å². The number of thiophene rings is 1. The van der Waals surface area contributed by atoms with Gasteiger partial charge in [0.05, 0.1) is 0 Å². The van der Waals surface area contributed by atoms with Gasteiger partial charge in [0.1, 0.15) is 0 Å². The number of hydrogen-bond donors (Lipinski definition) is 0. The van der Waals surface area contributed by atoms with Crippen LogP contribution in [-0.2, 0) is 12.8 Å². The van der Waals surface area contributed by atoms with Crippen molar-refractivity contribution in [3.63, 3.8) is 0 Å². The molecule has 0 saturated carbocycles. The highest BCUT2D eigenvalue weighted by atomic mass is 32.1. The van der Waals surface area contributed by atoms with Crippen LogP contribution in [0.1, 0.15) is 33.7 Å². The molecule has 0 N–H and O–H groups in total. The SMILES string of the molecule is Cc1sc(C)c(CCCN(C)C)c1CCCN(C)C. The van der Waals surface area contributed by atoms with E-state index < -0.39 is 0 Å². The molecular formula is C16H30N2S. The Morgan fingerprint density at radius 3 is 1.42 bits per heavy atom. The third kappa shape index (κ3) is 5.64. The molecule has 0 fully saturated rings. The molecule has 0 aromatic carbocycles. The lowest BCUT2D eigenvalue weighted by Crippen LogP contribution is -2.15. The molecule has 0 aliphatic heterocycles. The van der Waals surface area contributed by atoms with E-state index in [0.717, 1.165) is 0 Å². The standard InChI is InChI=1S/C16H30N2S/c1-13-15(9-7-11-17(3)4)16(14(2)19-13)10-8-12-18(5)6/h7-12H2,1-6H3. The lowest BCUT2D eigenvalue weighted by Gasteiger charge is -2.12. The summed E-state index contributed by atoms with van der Waals surface area (Å²) in [5.41, 5.74) is 3.28. The molecular weight excluding hydrogens is 252 g/mol. The first-order chi connectivity index (χ1) is 8.91. The second-order valence-corrected chi connectivity index (χ2v) is 7.41. The quantitative estimate of drug-likeness (QED) is 0.721. The molecule has 2 nitrogen and oxygen atoms in total. The molecule has 1 aromatic heterocycles. The van der Waals surface area contributed by atoms with Crippen molar-refractivity contribution in [2.45, 2.75) is 39.5 Å². The fourth-order valence-corrected chi connectivity index (χ4v) is 3.73. The maximum Gasteiger partial charge on any atom is 0.00518 e. The summed E-state index contributed by atoms with van der Waals surface area (Å²) in [6.45, 7) is 6.95. The van der Waals surface area contributed by atoms with Crippen LogP contribution in [0, 0.1) is 13.8 Å². The molecule has 0 unspecified atom stereocenters. The molecule has 110 valence electrons. The van der Waals surface area contributed by atoms with Crippen LogP contribution in [0.3, 0.4) is 0 Å². The number of aryl methyl sites for hydroxylation is 2. The van der Waals surface area contributed by atoms with Gasteiger partial charge in [-0.3, -0.25) is 0 Å². The Hall–Kier alpha value is -0.380. The summed E-state index contributed by atoms with van der Waals surface area (Å²) < 4.78 is 0. The first kappa shape index (κ1) is 16.7. The zero-order valence-corrected chi connectivity index (χ0v) is 14.4. The van der Waals surface area contributed by atoms with Crippen LogP contribution in [0.5, 0.6) is 0 Å². The van der Waals surface area contributed by atoms with Crippen LogP contribution in [0.4, 0.5) is 0 Å². The Balaban J connectivity index is 2.62. The second-order valence-electron chi connectivity index (χ2n) is 5.99. The maximum absolute atomic E-state index is 2.29. The van der Waals surface area contributed by atoms with Gasteiger partial charge in [0.2, 0.25) is 0 Å². The van der Waals surface area contributed by atoms with Gasteiger partial charge in [0, 0.05) is 9.75 Å². The molecule has 3 heteroatoms. The zero-order valence-electron chi connectivity index (χ0n) is 13.5. The highest BCUT2D eigenvalue weighted by Crippen LogP contribution is 2.29. The van der Waals surface area contributed by atoms with Crippen molar-refractivity contribution >= 4 is 11.3 Å². The van der Waals surface area contributed by atoms with E-state index in [-0.39, 0.29) is 0 Å². The summed E-state index contributed by atoms with van der Waals surface area (Å²) in [6.07, 6.45) is 5.02. The summed E-state index contributed by atoms with van der Waals surface area (Å²) in [5.74, 6) is 0. The Bertz CT molecular complexity index is 346. The van der Waals surface area contributed by atoms with Crippen LogP contribution in [0.25, 0.3) is 0 Å². The molecule has 19 heavy (non-hydrogen) atoms. The van der Waals surface area contributed by atoms with Gasteiger partial charge in [-0.1, -0.05) is 0 Å². The minimum Gasteiger partial charge on any atom is -0.309 e. The van der Waals surface area contributed by atoms with E-state index in [1.54, 1.807) is 11.1 Å². The van der Waals surface area contributed by atoms with E-state index in [1.807, 2.05) is 11.3 Å². The van der Waals surface area contributed by atoms with Gasteiger partial charge in [-0.25, -0.2) is 0 Å². The Morgan fingerprint density at radius 1 is 0.737 bits per heavy atom. The first-order valence-electron chi connectivity index (χ1n) is 7.29.